The van der Waals surface area contributed by atoms with Gasteiger partial charge in [-0.05, 0) is 56.4 Å². The summed E-state index contributed by atoms with van der Waals surface area (Å²) in [5.74, 6) is 0. The van der Waals surface area contributed by atoms with Crippen LogP contribution in [0.25, 0.3) is 0 Å². The lowest BCUT2D eigenvalue weighted by molar-refractivity contribution is 0.574. The van der Waals surface area contributed by atoms with Gasteiger partial charge in [-0.3, -0.25) is 0 Å². The van der Waals surface area contributed by atoms with E-state index in [-0.39, 0.29) is 0 Å². The third-order valence-corrected chi connectivity index (χ3v) is 5.11. The zero-order chi connectivity index (χ0) is 13.8. The fourth-order valence-electron chi connectivity index (χ4n) is 2.13. The van der Waals surface area contributed by atoms with Crippen molar-refractivity contribution in [2.45, 2.75) is 38.3 Å². The minimum absolute atomic E-state index is 0.385. The number of hydrogen-bond acceptors (Lipinski definition) is 3. The molecular formula is C16H21NS2. The molecule has 0 amide bonds. The molecule has 0 spiro atoms. The van der Waals surface area contributed by atoms with Gasteiger partial charge < -0.3 is 5.32 Å². The second-order valence-electron chi connectivity index (χ2n) is 4.81. The topological polar surface area (TPSA) is 12.0 Å². The van der Waals surface area contributed by atoms with E-state index < -0.39 is 0 Å². The van der Waals surface area contributed by atoms with Gasteiger partial charge in [-0.25, -0.2) is 0 Å². The fourth-order valence-corrected chi connectivity index (χ4v) is 3.49. The zero-order valence-electron chi connectivity index (χ0n) is 12.0. The molecule has 2 aromatic rings. The maximum atomic E-state index is 3.61. The lowest BCUT2D eigenvalue weighted by Gasteiger charge is -2.14. The molecule has 1 heterocycles. The standard InChI is InChI=1S/C16H21NS2/c1-11-9-15(13(3)19-11)10-17-12(2)14-5-7-16(18-4)8-6-14/h5-9,12,17H,10H2,1-4H3. The first-order valence-electron chi connectivity index (χ1n) is 6.53. The highest BCUT2D eigenvalue weighted by molar-refractivity contribution is 7.98. The highest BCUT2D eigenvalue weighted by Gasteiger charge is 2.07. The number of thioether (sulfide) groups is 1. The zero-order valence-corrected chi connectivity index (χ0v) is 13.6. The minimum atomic E-state index is 0.385. The number of nitrogens with one attached hydrogen (secondary N) is 1. The van der Waals surface area contributed by atoms with Crippen LogP contribution in [0.1, 0.15) is 33.8 Å². The average Bonchev–Trinajstić information content (AvgIpc) is 2.74. The predicted molar refractivity (Wildman–Crippen MR) is 87.3 cm³/mol. The SMILES string of the molecule is CSc1ccc(C(C)NCc2cc(C)sc2C)cc1. The Kier molecular flexibility index (Phi) is 5.08. The molecule has 0 aliphatic heterocycles. The van der Waals surface area contributed by atoms with Crippen LogP contribution in [0.5, 0.6) is 0 Å². The van der Waals surface area contributed by atoms with Gasteiger partial charge in [0.15, 0.2) is 0 Å². The molecule has 19 heavy (non-hydrogen) atoms. The number of hydrogen-bond donors (Lipinski definition) is 1. The van der Waals surface area contributed by atoms with Crippen LogP contribution in [0.2, 0.25) is 0 Å². The number of benzene rings is 1. The molecule has 0 saturated carbocycles. The van der Waals surface area contributed by atoms with Gasteiger partial charge in [-0.2, -0.15) is 0 Å². The van der Waals surface area contributed by atoms with E-state index in [2.05, 4.69) is 62.7 Å². The first-order valence-corrected chi connectivity index (χ1v) is 8.57. The number of thiophene rings is 1. The molecule has 0 radical (unpaired) electrons. The molecule has 1 N–H and O–H groups in total. The third kappa shape index (κ3) is 3.85. The molecule has 102 valence electrons. The van der Waals surface area contributed by atoms with E-state index in [0.717, 1.165) is 6.54 Å². The van der Waals surface area contributed by atoms with Gasteiger partial charge in [0.2, 0.25) is 0 Å². The molecule has 2 rings (SSSR count). The Balaban J connectivity index is 1.96. The summed E-state index contributed by atoms with van der Waals surface area (Å²) >= 11 is 3.66. The Morgan fingerprint density at radius 3 is 2.42 bits per heavy atom. The number of rotatable bonds is 5. The normalized spacial score (nSPS) is 12.6. The van der Waals surface area contributed by atoms with Crippen LogP contribution in [0.3, 0.4) is 0 Å². The van der Waals surface area contributed by atoms with Crippen molar-refractivity contribution in [1.29, 1.82) is 0 Å². The maximum absolute atomic E-state index is 3.61. The van der Waals surface area contributed by atoms with E-state index in [1.165, 1.54) is 25.8 Å². The predicted octanol–water partition coefficient (Wildman–Crippen LogP) is 4.94. The second-order valence-corrected chi connectivity index (χ2v) is 7.15. The van der Waals surface area contributed by atoms with Gasteiger partial charge in [0.25, 0.3) is 0 Å². The van der Waals surface area contributed by atoms with E-state index >= 15 is 0 Å². The van der Waals surface area contributed by atoms with Crippen LogP contribution in [0.15, 0.2) is 35.2 Å². The first-order chi connectivity index (χ1) is 9.10. The van der Waals surface area contributed by atoms with E-state index in [1.54, 1.807) is 11.8 Å². The summed E-state index contributed by atoms with van der Waals surface area (Å²) in [6.07, 6.45) is 2.11. The summed E-state index contributed by atoms with van der Waals surface area (Å²) in [5, 5.41) is 3.61. The smallest absolute Gasteiger partial charge is 0.0294 e. The summed E-state index contributed by atoms with van der Waals surface area (Å²) in [5.41, 5.74) is 2.78. The Morgan fingerprint density at radius 2 is 1.89 bits per heavy atom. The van der Waals surface area contributed by atoms with Crippen LogP contribution >= 0.6 is 23.1 Å². The number of aryl methyl sites for hydroxylation is 2. The van der Waals surface area contributed by atoms with Crippen molar-refractivity contribution >= 4 is 23.1 Å². The molecule has 1 unspecified atom stereocenters. The molecule has 1 nitrogen and oxygen atoms in total. The highest BCUT2D eigenvalue weighted by Crippen LogP contribution is 2.22. The van der Waals surface area contributed by atoms with Crippen molar-refractivity contribution in [3.8, 4) is 0 Å². The van der Waals surface area contributed by atoms with Crippen molar-refractivity contribution < 1.29 is 0 Å². The minimum Gasteiger partial charge on any atom is -0.306 e. The Bertz CT molecular complexity index is 528. The van der Waals surface area contributed by atoms with Gasteiger partial charge in [0.1, 0.15) is 0 Å². The molecule has 0 bridgehead atoms. The van der Waals surface area contributed by atoms with E-state index in [0.29, 0.717) is 6.04 Å². The molecule has 1 aromatic heterocycles. The average molecular weight is 291 g/mol. The van der Waals surface area contributed by atoms with Crippen LogP contribution in [-0.2, 0) is 6.54 Å². The van der Waals surface area contributed by atoms with E-state index in [1.807, 2.05) is 11.3 Å². The largest absolute Gasteiger partial charge is 0.306 e. The first kappa shape index (κ1) is 14.6. The maximum Gasteiger partial charge on any atom is 0.0294 e. The van der Waals surface area contributed by atoms with Crippen LogP contribution in [-0.4, -0.2) is 6.26 Å². The van der Waals surface area contributed by atoms with Gasteiger partial charge in [0, 0.05) is 27.2 Å². The monoisotopic (exact) mass is 291 g/mol. The molecule has 0 fully saturated rings. The molecular weight excluding hydrogens is 270 g/mol. The summed E-state index contributed by atoms with van der Waals surface area (Å²) in [6.45, 7) is 7.54. The van der Waals surface area contributed by atoms with Crippen LogP contribution in [0.4, 0.5) is 0 Å². The molecule has 0 aliphatic rings. The molecule has 1 aromatic carbocycles. The lowest BCUT2D eigenvalue weighted by Crippen LogP contribution is -2.18. The van der Waals surface area contributed by atoms with Gasteiger partial charge in [-0.15, -0.1) is 23.1 Å². The summed E-state index contributed by atoms with van der Waals surface area (Å²) < 4.78 is 0. The highest BCUT2D eigenvalue weighted by atomic mass is 32.2. The van der Waals surface area contributed by atoms with Crippen molar-refractivity contribution in [1.82, 2.24) is 5.32 Å². The molecule has 1 atom stereocenters. The van der Waals surface area contributed by atoms with Crippen LogP contribution in [0, 0.1) is 13.8 Å². The summed E-state index contributed by atoms with van der Waals surface area (Å²) in [4.78, 5) is 4.14. The summed E-state index contributed by atoms with van der Waals surface area (Å²) in [6, 6.07) is 11.5. The summed E-state index contributed by atoms with van der Waals surface area (Å²) in [7, 11) is 0. The molecule has 0 saturated heterocycles. The molecule has 0 aliphatic carbocycles. The Hall–Kier alpha value is -0.770. The fraction of sp³-hybridized carbons (Fsp3) is 0.375. The van der Waals surface area contributed by atoms with Crippen LogP contribution < -0.4 is 5.32 Å². The Labute approximate surface area is 124 Å². The van der Waals surface area contributed by atoms with Gasteiger partial charge >= 0.3 is 0 Å². The van der Waals surface area contributed by atoms with Crippen molar-refractivity contribution in [3.63, 3.8) is 0 Å². The Morgan fingerprint density at radius 1 is 1.21 bits per heavy atom. The van der Waals surface area contributed by atoms with Crippen molar-refractivity contribution in [3.05, 3.63) is 51.2 Å². The van der Waals surface area contributed by atoms with Gasteiger partial charge in [0.05, 0.1) is 0 Å². The second kappa shape index (κ2) is 6.60. The quantitative estimate of drug-likeness (QED) is 0.783. The van der Waals surface area contributed by atoms with Crippen molar-refractivity contribution in [2.75, 3.05) is 6.26 Å². The van der Waals surface area contributed by atoms with E-state index in [9.17, 15) is 0 Å². The third-order valence-electron chi connectivity index (χ3n) is 3.36. The van der Waals surface area contributed by atoms with Crippen molar-refractivity contribution in [2.24, 2.45) is 0 Å². The lowest BCUT2D eigenvalue weighted by atomic mass is 10.1. The van der Waals surface area contributed by atoms with E-state index in [4.69, 9.17) is 0 Å². The molecule has 3 heteroatoms. The van der Waals surface area contributed by atoms with Gasteiger partial charge in [-0.1, -0.05) is 12.1 Å².